The lowest BCUT2D eigenvalue weighted by Gasteiger charge is -2.18. The van der Waals surface area contributed by atoms with E-state index in [0.29, 0.717) is 12.1 Å². The molecule has 0 atom stereocenters. The van der Waals surface area contributed by atoms with Crippen LogP contribution in [0.4, 0.5) is 0 Å². The molecule has 5 nitrogen and oxygen atoms in total. The molecule has 1 amide bonds. The Labute approximate surface area is 164 Å². The number of rotatable bonds is 5. The zero-order valence-corrected chi connectivity index (χ0v) is 16.0. The van der Waals surface area contributed by atoms with Gasteiger partial charge in [-0.1, -0.05) is 36.4 Å². The fraction of sp³-hybridized carbons (Fsp3) is 0.174. The summed E-state index contributed by atoms with van der Waals surface area (Å²) in [6, 6.07) is 20.0. The van der Waals surface area contributed by atoms with E-state index in [1.165, 1.54) is 11.1 Å². The molecular weight excluding hydrogens is 348 g/mol. The molecule has 0 aliphatic heterocycles. The highest BCUT2D eigenvalue weighted by Gasteiger charge is 2.17. The number of amides is 1. The van der Waals surface area contributed by atoms with Gasteiger partial charge in [-0.25, -0.2) is 4.98 Å². The van der Waals surface area contributed by atoms with Gasteiger partial charge in [0.05, 0.1) is 23.1 Å². The van der Waals surface area contributed by atoms with Crippen LogP contribution in [0.2, 0.25) is 0 Å². The first-order valence-corrected chi connectivity index (χ1v) is 9.27. The predicted molar refractivity (Wildman–Crippen MR) is 110 cm³/mol. The molecule has 0 aliphatic carbocycles. The number of benzene rings is 2. The third-order valence-corrected chi connectivity index (χ3v) is 4.96. The van der Waals surface area contributed by atoms with Crippen LogP contribution in [-0.2, 0) is 13.1 Å². The number of pyridine rings is 1. The van der Waals surface area contributed by atoms with E-state index in [1.807, 2.05) is 24.3 Å². The first-order valence-electron chi connectivity index (χ1n) is 9.27. The van der Waals surface area contributed by atoms with Gasteiger partial charge in [0.15, 0.2) is 0 Å². The maximum atomic E-state index is 12.7. The third-order valence-electron chi connectivity index (χ3n) is 4.96. The van der Waals surface area contributed by atoms with Crippen LogP contribution in [0.3, 0.4) is 0 Å². The highest BCUT2D eigenvalue weighted by atomic mass is 16.2. The Morgan fingerprint density at radius 1 is 1.04 bits per heavy atom. The average molecular weight is 370 g/mol. The zero-order valence-electron chi connectivity index (χ0n) is 16.0. The van der Waals surface area contributed by atoms with Gasteiger partial charge >= 0.3 is 0 Å². The summed E-state index contributed by atoms with van der Waals surface area (Å²) in [5, 5.41) is 0. The monoisotopic (exact) mass is 370 g/mol. The number of hydrogen-bond donors (Lipinski definition) is 0. The van der Waals surface area contributed by atoms with Gasteiger partial charge in [0, 0.05) is 26.0 Å². The summed E-state index contributed by atoms with van der Waals surface area (Å²) < 4.78 is 2.20. The maximum absolute atomic E-state index is 12.7. The second-order valence-electron chi connectivity index (χ2n) is 6.93. The quantitative estimate of drug-likeness (QED) is 0.532. The van der Waals surface area contributed by atoms with Crippen molar-refractivity contribution in [1.29, 1.82) is 0 Å². The molecule has 0 N–H and O–H groups in total. The molecule has 0 spiro atoms. The van der Waals surface area contributed by atoms with Crippen LogP contribution < -0.4 is 0 Å². The van der Waals surface area contributed by atoms with Gasteiger partial charge in [0.1, 0.15) is 5.82 Å². The number of carbonyl (C=O) groups is 1. The van der Waals surface area contributed by atoms with Gasteiger partial charge in [-0.15, -0.1) is 0 Å². The molecule has 2 aromatic heterocycles. The summed E-state index contributed by atoms with van der Waals surface area (Å²) in [7, 11) is 1.80. The largest absolute Gasteiger partial charge is 0.334 e. The number of fused-ring (bicyclic) bond motifs is 1. The minimum absolute atomic E-state index is 0.0670. The van der Waals surface area contributed by atoms with Crippen LogP contribution in [0.5, 0.6) is 0 Å². The van der Waals surface area contributed by atoms with Crippen molar-refractivity contribution in [3.05, 3.63) is 95.6 Å². The van der Waals surface area contributed by atoms with Crippen molar-refractivity contribution >= 4 is 16.9 Å². The van der Waals surface area contributed by atoms with Crippen molar-refractivity contribution < 1.29 is 4.79 Å². The van der Waals surface area contributed by atoms with E-state index in [9.17, 15) is 4.79 Å². The van der Waals surface area contributed by atoms with E-state index in [-0.39, 0.29) is 5.91 Å². The molecule has 0 saturated carbocycles. The van der Waals surface area contributed by atoms with Crippen molar-refractivity contribution in [1.82, 2.24) is 19.4 Å². The summed E-state index contributed by atoms with van der Waals surface area (Å²) in [6.45, 7) is 3.26. The molecule has 0 saturated heterocycles. The summed E-state index contributed by atoms with van der Waals surface area (Å²) in [4.78, 5) is 23.3. The molecule has 4 rings (SSSR count). The number of aryl methyl sites for hydroxylation is 1. The van der Waals surface area contributed by atoms with Gasteiger partial charge < -0.3 is 9.47 Å². The van der Waals surface area contributed by atoms with Crippen LogP contribution in [0.25, 0.3) is 11.0 Å². The third kappa shape index (κ3) is 3.51. The standard InChI is InChI=1S/C23H22N4O/c1-17-8-3-4-9-19(17)15-27-21-12-6-5-11-20(21)25-22(27)16-26(2)23(28)18-10-7-13-24-14-18/h3-14H,15-16H2,1-2H3. The van der Waals surface area contributed by atoms with Crippen LogP contribution in [0.15, 0.2) is 73.1 Å². The number of nitrogens with zero attached hydrogens (tertiary/aromatic N) is 4. The summed E-state index contributed by atoms with van der Waals surface area (Å²) >= 11 is 0. The van der Waals surface area contributed by atoms with E-state index < -0.39 is 0 Å². The van der Waals surface area contributed by atoms with Crippen LogP contribution >= 0.6 is 0 Å². The molecule has 5 heteroatoms. The normalized spacial score (nSPS) is 10.9. The molecule has 2 aromatic carbocycles. The van der Waals surface area contributed by atoms with Crippen molar-refractivity contribution in [3.8, 4) is 0 Å². The summed E-state index contributed by atoms with van der Waals surface area (Å²) in [6.07, 6.45) is 3.26. The van der Waals surface area contributed by atoms with E-state index in [0.717, 1.165) is 23.4 Å². The second kappa shape index (κ2) is 7.64. The SMILES string of the molecule is Cc1ccccc1Cn1c(CN(C)C(=O)c2cccnc2)nc2ccccc21. The van der Waals surface area contributed by atoms with Gasteiger partial charge in [-0.2, -0.15) is 0 Å². The van der Waals surface area contributed by atoms with Crippen LogP contribution in [-0.4, -0.2) is 32.4 Å². The lowest BCUT2D eigenvalue weighted by atomic mass is 10.1. The van der Waals surface area contributed by atoms with E-state index >= 15 is 0 Å². The van der Waals surface area contributed by atoms with Crippen molar-refractivity contribution in [2.75, 3.05) is 7.05 Å². The lowest BCUT2D eigenvalue weighted by Crippen LogP contribution is -2.28. The van der Waals surface area contributed by atoms with E-state index in [2.05, 4.69) is 40.7 Å². The molecular formula is C23H22N4O. The molecule has 0 fully saturated rings. The lowest BCUT2D eigenvalue weighted by molar-refractivity contribution is 0.0780. The molecule has 4 aromatic rings. The Balaban J connectivity index is 1.68. The Hall–Kier alpha value is -3.47. The van der Waals surface area contributed by atoms with Crippen molar-refractivity contribution in [2.24, 2.45) is 0 Å². The number of aromatic nitrogens is 3. The predicted octanol–water partition coefficient (Wildman–Crippen LogP) is 4.06. The second-order valence-corrected chi connectivity index (χ2v) is 6.93. The van der Waals surface area contributed by atoms with Gasteiger partial charge in [-0.05, 0) is 42.3 Å². The van der Waals surface area contributed by atoms with Crippen molar-refractivity contribution in [2.45, 2.75) is 20.0 Å². The Morgan fingerprint density at radius 2 is 1.82 bits per heavy atom. The fourth-order valence-corrected chi connectivity index (χ4v) is 3.37. The first-order chi connectivity index (χ1) is 13.6. The van der Waals surface area contributed by atoms with Crippen LogP contribution in [0.1, 0.15) is 27.3 Å². The fourth-order valence-electron chi connectivity index (χ4n) is 3.37. The van der Waals surface area contributed by atoms with E-state index in [4.69, 9.17) is 4.98 Å². The minimum Gasteiger partial charge on any atom is -0.334 e. The highest BCUT2D eigenvalue weighted by molar-refractivity contribution is 5.93. The molecule has 0 aliphatic rings. The topological polar surface area (TPSA) is 51.0 Å². The van der Waals surface area contributed by atoms with Gasteiger partial charge in [-0.3, -0.25) is 9.78 Å². The smallest absolute Gasteiger partial charge is 0.255 e. The van der Waals surface area contributed by atoms with Crippen molar-refractivity contribution in [3.63, 3.8) is 0 Å². The molecule has 0 radical (unpaired) electrons. The number of imidazole rings is 1. The summed E-state index contributed by atoms with van der Waals surface area (Å²) in [5.41, 5.74) is 5.07. The average Bonchev–Trinajstić information content (AvgIpc) is 3.07. The molecule has 28 heavy (non-hydrogen) atoms. The molecule has 0 bridgehead atoms. The Bertz CT molecular complexity index is 1120. The Morgan fingerprint density at radius 3 is 2.61 bits per heavy atom. The van der Waals surface area contributed by atoms with Gasteiger partial charge in [0.25, 0.3) is 5.91 Å². The number of carbonyl (C=O) groups excluding carboxylic acids is 1. The highest BCUT2D eigenvalue weighted by Crippen LogP contribution is 2.20. The maximum Gasteiger partial charge on any atom is 0.255 e. The van der Waals surface area contributed by atoms with E-state index in [1.54, 1.807) is 36.5 Å². The number of hydrogen-bond acceptors (Lipinski definition) is 3. The zero-order chi connectivity index (χ0) is 19.5. The molecule has 0 unspecified atom stereocenters. The Kier molecular flexibility index (Phi) is 4.89. The minimum atomic E-state index is -0.0670. The summed E-state index contributed by atoms with van der Waals surface area (Å²) in [5.74, 6) is 0.798. The molecule has 2 heterocycles. The van der Waals surface area contributed by atoms with Gasteiger partial charge in [0.2, 0.25) is 0 Å². The first kappa shape index (κ1) is 17.9. The van der Waals surface area contributed by atoms with Crippen LogP contribution in [0, 0.1) is 6.92 Å². The molecule has 140 valence electrons. The number of para-hydroxylation sites is 2.